The van der Waals surface area contributed by atoms with Crippen LogP contribution in [0, 0.1) is 6.92 Å². The van der Waals surface area contributed by atoms with E-state index in [1.165, 1.54) is 5.56 Å². The van der Waals surface area contributed by atoms with Gasteiger partial charge in [-0.3, -0.25) is 0 Å². The molecule has 20 heavy (non-hydrogen) atoms. The van der Waals surface area contributed by atoms with Gasteiger partial charge >= 0.3 is 0 Å². The Kier molecular flexibility index (Phi) is 4.69. The van der Waals surface area contributed by atoms with E-state index >= 15 is 0 Å². The molecule has 2 rings (SSSR count). The molecule has 3 heteroatoms. The fourth-order valence-electron chi connectivity index (χ4n) is 2.23. The molecule has 0 bridgehead atoms. The Morgan fingerprint density at radius 2 is 1.85 bits per heavy atom. The van der Waals surface area contributed by atoms with Crippen molar-refractivity contribution in [3.05, 3.63) is 64.7 Å². The Bertz CT molecular complexity index is 568. The second-order valence-electron chi connectivity index (χ2n) is 5.52. The van der Waals surface area contributed by atoms with E-state index in [0.29, 0.717) is 6.54 Å². The summed E-state index contributed by atoms with van der Waals surface area (Å²) in [6, 6.07) is 16.4. The molecule has 0 spiro atoms. The fraction of sp³-hybridized carbons (Fsp3) is 0.294. The monoisotopic (exact) mass is 288 g/mol. The van der Waals surface area contributed by atoms with Gasteiger partial charge in [-0.15, -0.1) is 0 Å². The highest BCUT2D eigenvalue weighted by Gasteiger charge is 2.22. The van der Waals surface area contributed by atoms with Gasteiger partial charge < -0.3 is 11.1 Å². The van der Waals surface area contributed by atoms with Crippen molar-refractivity contribution in [2.75, 3.05) is 11.9 Å². The Labute approximate surface area is 126 Å². The molecule has 0 aliphatic heterocycles. The minimum Gasteiger partial charge on any atom is -0.378 e. The van der Waals surface area contributed by atoms with Gasteiger partial charge in [0.1, 0.15) is 0 Å². The molecule has 2 aromatic carbocycles. The van der Waals surface area contributed by atoms with Crippen molar-refractivity contribution in [2.24, 2.45) is 5.73 Å². The van der Waals surface area contributed by atoms with E-state index in [-0.39, 0.29) is 5.54 Å². The molecule has 0 aliphatic rings. The standard InChI is InChI=1S/C17H21ClN2/c1-13-8-9-15(10-16(13)18)20-17(2,12-19)11-14-6-4-3-5-7-14/h3-10,20H,11-12,19H2,1-2H3. The maximum absolute atomic E-state index is 6.17. The lowest BCUT2D eigenvalue weighted by Crippen LogP contribution is -2.44. The van der Waals surface area contributed by atoms with E-state index in [9.17, 15) is 0 Å². The van der Waals surface area contributed by atoms with Crippen LogP contribution < -0.4 is 11.1 Å². The molecule has 0 fully saturated rings. The smallest absolute Gasteiger partial charge is 0.0507 e. The lowest BCUT2D eigenvalue weighted by molar-refractivity contribution is 0.521. The molecular formula is C17H21ClN2. The third-order valence-electron chi connectivity index (χ3n) is 3.51. The molecule has 0 heterocycles. The minimum absolute atomic E-state index is 0.195. The number of halogens is 1. The number of anilines is 1. The van der Waals surface area contributed by atoms with Crippen molar-refractivity contribution in [1.82, 2.24) is 0 Å². The average molecular weight is 289 g/mol. The summed E-state index contributed by atoms with van der Waals surface area (Å²) < 4.78 is 0. The van der Waals surface area contributed by atoms with Gasteiger partial charge in [0.15, 0.2) is 0 Å². The van der Waals surface area contributed by atoms with Crippen molar-refractivity contribution < 1.29 is 0 Å². The van der Waals surface area contributed by atoms with Gasteiger partial charge in [-0.25, -0.2) is 0 Å². The first kappa shape index (κ1) is 14.9. The minimum atomic E-state index is -0.195. The predicted molar refractivity (Wildman–Crippen MR) is 87.4 cm³/mol. The number of nitrogens with two attached hydrogens (primary N) is 1. The molecule has 0 aromatic heterocycles. The molecule has 0 radical (unpaired) electrons. The highest BCUT2D eigenvalue weighted by Crippen LogP contribution is 2.24. The van der Waals surface area contributed by atoms with Gasteiger partial charge in [-0.2, -0.15) is 0 Å². The van der Waals surface area contributed by atoms with Crippen molar-refractivity contribution >= 4 is 17.3 Å². The Morgan fingerprint density at radius 1 is 1.15 bits per heavy atom. The van der Waals surface area contributed by atoms with Crippen molar-refractivity contribution in [2.45, 2.75) is 25.8 Å². The summed E-state index contributed by atoms with van der Waals surface area (Å²) in [7, 11) is 0. The van der Waals surface area contributed by atoms with E-state index in [2.05, 4.69) is 36.5 Å². The first-order valence-corrected chi connectivity index (χ1v) is 7.18. The summed E-state index contributed by atoms with van der Waals surface area (Å²) in [6.07, 6.45) is 0.871. The maximum Gasteiger partial charge on any atom is 0.0507 e. The van der Waals surface area contributed by atoms with Gasteiger partial charge in [-0.05, 0) is 43.5 Å². The second-order valence-corrected chi connectivity index (χ2v) is 5.92. The first-order valence-electron chi connectivity index (χ1n) is 6.81. The number of hydrogen-bond donors (Lipinski definition) is 2. The molecule has 3 N–H and O–H groups in total. The molecule has 0 amide bonds. The van der Waals surface area contributed by atoms with Crippen LogP contribution in [0.15, 0.2) is 48.5 Å². The average Bonchev–Trinajstić information content (AvgIpc) is 2.44. The summed E-state index contributed by atoms with van der Waals surface area (Å²) in [4.78, 5) is 0. The van der Waals surface area contributed by atoms with Gasteiger partial charge in [0.2, 0.25) is 0 Å². The summed E-state index contributed by atoms with van der Waals surface area (Å²) in [6.45, 7) is 4.68. The molecule has 2 aromatic rings. The number of rotatable bonds is 5. The highest BCUT2D eigenvalue weighted by atomic mass is 35.5. The molecular weight excluding hydrogens is 268 g/mol. The van der Waals surface area contributed by atoms with Crippen LogP contribution in [-0.2, 0) is 6.42 Å². The topological polar surface area (TPSA) is 38.0 Å². The normalized spacial score (nSPS) is 13.8. The number of benzene rings is 2. The van der Waals surface area contributed by atoms with Crippen LogP contribution >= 0.6 is 11.6 Å². The van der Waals surface area contributed by atoms with Crippen molar-refractivity contribution in [1.29, 1.82) is 0 Å². The first-order chi connectivity index (χ1) is 9.52. The third-order valence-corrected chi connectivity index (χ3v) is 3.91. The molecule has 2 nitrogen and oxygen atoms in total. The van der Waals surface area contributed by atoms with Crippen LogP contribution in [0.4, 0.5) is 5.69 Å². The van der Waals surface area contributed by atoms with Gasteiger partial charge in [0.05, 0.1) is 5.54 Å². The zero-order valence-electron chi connectivity index (χ0n) is 12.0. The Balaban J connectivity index is 2.16. The molecule has 106 valence electrons. The number of aryl methyl sites for hydroxylation is 1. The predicted octanol–water partition coefficient (Wildman–Crippen LogP) is 4.02. The summed E-state index contributed by atoms with van der Waals surface area (Å²) in [5.41, 5.74) is 9.13. The van der Waals surface area contributed by atoms with Crippen LogP contribution in [-0.4, -0.2) is 12.1 Å². The van der Waals surface area contributed by atoms with E-state index in [1.807, 2.05) is 31.2 Å². The van der Waals surface area contributed by atoms with Gasteiger partial charge in [-0.1, -0.05) is 48.0 Å². The van der Waals surface area contributed by atoms with Crippen LogP contribution in [0.3, 0.4) is 0 Å². The summed E-state index contributed by atoms with van der Waals surface area (Å²) in [5, 5.41) is 4.28. The molecule has 1 unspecified atom stereocenters. The van der Waals surface area contributed by atoms with E-state index in [4.69, 9.17) is 17.3 Å². The molecule has 0 saturated heterocycles. The van der Waals surface area contributed by atoms with Crippen LogP contribution in [0.2, 0.25) is 5.02 Å². The van der Waals surface area contributed by atoms with Gasteiger partial charge in [0.25, 0.3) is 0 Å². The largest absolute Gasteiger partial charge is 0.378 e. The zero-order valence-corrected chi connectivity index (χ0v) is 12.7. The molecule has 0 saturated carbocycles. The Morgan fingerprint density at radius 3 is 2.45 bits per heavy atom. The fourth-order valence-corrected chi connectivity index (χ4v) is 2.41. The van der Waals surface area contributed by atoms with Crippen LogP contribution in [0.1, 0.15) is 18.1 Å². The second kappa shape index (κ2) is 6.29. The number of nitrogens with one attached hydrogen (secondary N) is 1. The molecule has 0 aliphatic carbocycles. The quantitative estimate of drug-likeness (QED) is 0.872. The summed E-state index contributed by atoms with van der Waals surface area (Å²) in [5.74, 6) is 0. The van der Waals surface area contributed by atoms with Crippen LogP contribution in [0.5, 0.6) is 0 Å². The van der Waals surface area contributed by atoms with Crippen molar-refractivity contribution in [3.8, 4) is 0 Å². The third kappa shape index (κ3) is 3.75. The van der Waals surface area contributed by atoms with E-state index < -0.39 is 0 Å². The summed E-state index contributed by atoms with van der Waals surface area (Å²) >= 11 is 6.17. The Hall–Kier alpha value is -1.51. The zero-order chi connectivity index (χ0) is 14.6. The van der Waals surface area contributed by atoms with Gasteiger partial charge in [0, 0.05) is 17.3 Å². The lowest BCUT2D eigenvalue weighted by atomic mass is 9.92. The highest BCUT2D eigenvalue weighted by molar-refractivity contribution is 6.31. The number of hydrogen-bond acceptors (Lipinski definition) is 2. The van der Waals surface area contributed by atoms with E-state index in [1.54, 1.807) is 0 Å². The van der Waals surface area contributed by atoms with E-state index in [0.717, 1.165) is 22.7 Å². The lowest BCUT2D eigenvalue weighted by Gasteiger charge is -2.31. The maximum atomic E-state index is 6.17. The van der Waals surface area contributed by atoms with Crippen molar-refractivity contribution in [3.63, 3.8) is 0 Å². The SMILES string of the molecule is Cc1ccc(NC(C)(CN)Cc2ccccc2)cc1Cl. The molecule has 1 atom stereocenters. The van der Waals surface area contributed by atoms with Crippen LogP contribution in [0.25, 0.3) is 0 Å².